The van der Waals surface area contributed by atoms with Crippen LogP contribution in [0.1, 0.15) is 44.1 Å². The quantitative estimate of drug-likeness (QED) is 0.607. The smallest absolute Gasteiger partial charge is 0.310 e. The molecule has 3 heteroatoms. The Morgan fingerprint density at radius 1 is 1.22 bits per heavy atom. The minimum Gasteiger partial charge on any atom is -0.462 e. The van der Waals surface area contributed by atoms with Gasteiger partial charge in [0.25, 0.3) is 0 Å². The van der Waals surface area contributed by atoms with Crippen molar-refractivity contribution in [2.24, 2.45) is 0 Å². The third-order valence-corrected chi connectivity index (χ3v) is 3.57. The zero-order valence-electron chi connectivity index (χ0n) is 10.5. The second-order valence-electron chi connectivity index (χ2n) is 4.91. The molecule has 0 radical (unpaired) electrons. The maximum atomic E-state index is 11.8. The van der Waals surface area contributed by atoms with E-state index in [9.17, 15) is 4.79 Å². The number of benzene rings is 1. The molecule has 0 aliphatic heterocycles. The van der Waals surface area contributed by atoms with Crippen molar-refractivity contribution in [1.29, 1.82) is 0 Å². The molecule has 18 heavy (non-hydrogen) atoms. The fourth-order valence-corrected chi connectivity index (χ4v) is 2.61. The van der Waals surface area contributed by atoms with Gasteiger partial charge in [-0.05, 0) is 43.4 Å². The molecule has 1 aromatic rings. The molecule has 0 atom stereocenters. The molecule has 0 bridgehead atoms. The zero-order chi connectivity index (χ0) is 12.8. The van der Waals surface area contributed by atoms with Gasteiger partial charge in [0.15, 0.2) is 0 Å². The zero-order valence-corrected chi connectivity index (χ0v) is 11.3. The number of esters is 1. The van der Waals surface area contributed by atoms with Crippen molar-refractivity contribution in [3.05, 3.63) is 34.9 Å². The van der Waals surface area contributed by atoms with Crippen LogP contribution >= 0.6 is 11.6 Å². The van der Waals surface area contributed by atoms with Gasteiger partial charge in [-0.25, -0.2) is 0 Å². The summed E-state index contributed by atoms with van der Waals surface area (Å²) in [5.41, 5.74) is 0.918. The highest BCUT2D eigenvalue weighted by molar-refractivity contribution is 6.30. The number of carbonyl (C=O) groups excluding carboxylic acids is 1. The lowest BCUT2D eigenvalue weighted by Crippen LogP contribution is -2.18. The van der Waals surface area contributed by atoms with Crippen LogP contribution in [0, 0.1) is 0 Å². The summed E-state index contributed by atoms with van der Waals surface area (Å²) in [7, 11) is 0. The Morgan fingerprint density at radius 3 is 2.61 bits per heavy atom. The Bertz CT molecular complexity index is 395. The third kappa shape index (κ3) is 4.34. The summed E-state index contributed by atoms with van der Waals surface area (Å²) < 4.78 is 5.53. The lowest BCUT2D eigenvalue weighted by molar-refractivity contribution is -0.148. The Balaban J connectivity index is 1.84. The Morgan fingerprint density at radius 2 is 1.94 bits per heavy atom. The molecule has 1 fully saturated rings. The first kappa shape index (κ1) is 13.4. The number of rotatable bonds is 3. The normalized spacial score (nSPS) is 17.2. The number of halogens is 1. The fraction of sp³-hybridized carbons (Fsp3) is 0.533. The molecule has 1 aliphatic rings. The molecule has 0 amide bonds. The second-order valence-corrected chi connectivity index (χ2v) is 5.35. The fourth-order valence-electron chi connectivity index (χ4n) is 2.40. The van der Waals surface area contributed by atoms with E-state index in [1.54, 1.807) is 0 Å². The highest BCUT2D eigenvalue weighted by Crippen LogP contribution is 2.20. The van der Waals surface area contributed by atoms with E-state index in [-0.39, 0.29) is 12.1 Å². The molecule has 2 nitrogen and oxygen atoms in total. The predicted molar refractivity (Wildman–Crippen MR) is 72.7 cm³/mol. The van der Waals surface area contributed by atoms with E-state index in [0.29, 0.717) is 11.4 Å². The Kier molecular flexibility index (Phi) is 5.06. The number of hydrogen-bond acceptors (Lipinski definition) is 2. The van der Waals surface area contributed by atoms with Crippen molar-refractivity contribution >= 4 is 17.6 Å². The monoisotopic (exact) mass is 266 g/mol. The van der Waals surface area contributed by atoms with Crippen LogP contribution in [0.15, 0.2) is 24.3 Å². The van der Waals surface area contributed by atoms with E-state index in [4.69, 9.17) is 16.3 Å². The van der Waals surface area contributed by atoms with Crippen molar-refractivity contribution in [3.63, 3.8) is 0 Å². The molecular formula is C15H19ClO2. The standard InChI is InChI=1S/C15H19ClO2/c16-13-7-5-6-12(10-13)11-15(17)18-14-8-3-1-2-4-9-14/h5-7,10,14H,1-4,8-9,11H2. The van der Waals surface area contributed by atoms with Crippen LogP contribution < -0.4 is 0 Å². The van der Waals surface area contributed by atoms with Crippen molar-refractivity contribution in [2.45, 2.75) is 51.0 Å². The highest BCUT2D eigenvalue weighted by atomic mass is 35.5. The lowest BCUT2D eigenvalue weighted by Gasteiger charge is -2.15. The van der Waals surface area contributed by atoms with Gasteiger partial charge in [0, 0.05) is 5.02 Å². The summed E-state index contributed by atoms with van der Waals surface area (Å²) >= 11 is 5.89. The molecule has 0 saturated heterocycles. The maximum absolute atomic E-state index is 11.8. The summed E-state index contributed by atoms with van der Waals surface area (Å²) in [6.45, 7) is 0. The number of hydrogen-bond donors (Lipinski definition) is 0. The molecule has 2 rings (SSSR count). The topological polar surface area (TPSA) is 26.3 Å². The van der Waals surface area contributed by atoms with Crippen molar-refractivity contribution in [2.75, 3.05) is 0 Å². The van der Waals surface area contributed by atoms with Gasteiger partial charge in [-0.2, -0.15) is 0 Å². The first-order chi connectivity index (χ1) is 8.74. The first-order valence-electron chi connectivity index (χ1n) is 6.68. The predicted octanol–water partition coefficient (Wildman–Crippen LogP) is 4.15. The molecule has 1 aromatic carbocycles. The molecule has 1 saturated carbocycles. The average Bonchev–Trinajstić information content (AvgIpc) is 2.57. The van der Waals surface area contributed by atoms with Gasteiger partial charge in [0.05, 0.1) is 6.42 Å². The van der Waals surface area contributed by atoms with Crippen LogP contribution in [0.5, 0.6) is 0 Å². The van der Waals surface area contributed by atoms with E-state index in [1.807, 2.05) is 24.3 Å². The average molecular weight is 267 g/mol. The maximum Gasteiger partial charge on any atom is 0.310 e. The minimum atomic E-state index is -0.135. The number of carbonyl (C=O) groups is 1. The van der Waals surface area contributed by atoms with Crippen molar-refractivity contribution in [1.82, 2.24) is 0 Å². The summed E-state index contributed by atoms with van der Waals surface area (Å²) in [5, 5.41) is 0.662. The van der Waals surface area contributed by atoms with Gasteiger partial charge in [-0.15, -0.1) is 0 Å². The largest absolute Gasteiger partial charge is 0.462 e. The molecule has 1 aliphatic carbocycles. The minimum absolute atomic E-state index is 0.124. The van der Waals surface area contributed by atoms with Gasteiger partial charge in [-0.1, -0.05) is 36.6 Å². The first-order valence-corrected chi connectivity index (χ1v) is 7.06. The summed E-state index contributed by atoms with van der Waals surface area (Å²) in [5.74, 6) is -0.135. The van der Waals surface area contributed by atoms with Crippen LogP contribution in [-0.4, -0.2) is 12.1 Å². The van der Waals surface area contributed by atoms with Crippen LogP contribution in [0.2, 0.25) is 5.02 Å². The van der Waals surface area contributed by atoms with E-state index in [1.165, 1.54) is 25.7 Å². The Hall–Kier alpha value is -1.02. The van der Waals surface area contributed by atoms with Crippen LogP contribution in [0.25, 0.3) is 0 Å². The summed E-state index contributed by atoms with van der Waals surface area (Å²) in [4.78, 5) is 11.8. The van der Waals surface area contributed by atoms with E-state index in [2.05, 4.69) is 0 Å². The Labute approximate surface area is 113 Å². The van der Waals surface area contributed by atoms with E-state index < -0.39 is 0 Å². The molecule has 0 aromatic heterocycles. The summed E-state index contributed by atoms with van der Waals surface area (Å²) in [6.07, 6.45) is 7.35. The van der Waals surface area contributed by atoms with E-state index in [0.717, 1.165) is 18.4 Å². The van der Waals surface area contributed by atoms with Gasteiger partial charge in [-0.3, -0.25) is 4.79 Å². The third-order valence-electron chi connectivity index (χ3n) is 3.34. The van der Waals surface area contributed by atoms with Crippen LogP contribution in [0.4, 0.5) is 0 Å². The molecule has 0 unspecified atom stereocenters. The molecule has 98 valence electrons. The van der Waals surface area contributed by atoms with Crippen LogP contribution in [-0.2, 0) is 16.0 Å². The molecule has 0 heterocycles. The SMILES string of the molecule is O=C(Cc1cccc(Cl)c1)OC1CCCCCC1. The molecular weight excluding hydrogens is 248 g/mol. The van der Waals surface area contributed by atoms with E-state index >= 15 is 0 Å². The highest BCUT2D eigenvalue weighted by Gasteiger charge is 2.16. The van der Waals surface area contributed by atoms with Gasteiger partial charge >= 0.3 is 5.97 Å². The summed E-state index contributed by atoms with van der Waals surface area (Å²) in [6, 6.07) is 7.38. The molecule has 0 spiro atoms. The van der Waals surface area contributed by atoms with Gasteiger partial charge in [0.1, 0.15) is 6.10 Å². The number of ether oxygens (including phenoxy) is 1. The van der Waals surface area contributed by atoms with Gasteiger partial charge < -0.3 is 4.74 Å². The van der Waals surface area contributed by atoms with Gasteiger partial charge in [0.2, 0.25) is 0 Å². The van der Waals surface area contributed by atoms with Crippen molar-refractivity contribution < 1.29 is 9.53 Å². The lowest BCUT2D eigenvalue weighted by atomic mass is 10.1. The van der Waals surface area contributed by atoms with Crippen LogP contribution in [0.3, 0.4) is 0 Å². The second kappa shape index (κ2) is 6.79. The molecule has 0 N–H and O–H groups in total. The van der Waals surface area contributed by atoms with Crippen molar-refractivity contribution in [3.8, 4) is 0 Å².